The van der Waals surface area contributed by atoms with Crippen LogP contribution in [0, 0.1) is 5.92 Å². The Bertz CT molecular complexity index is 798. The van der Waals surface area contributed by atoms with Gasteiger partial charge in [-0.15, -0.1) is 15.3 Å². The maximum Gasteiger partial charge on any atom is 0.326 e. The Hall–Kier alpha value is -2.71. The van der Waals surface area contributed by atoms with Crippen LogP contribution in [-0.2, 0) is 9.59 Å². The lowest BCUT2D eigenvalue weighted by Crippen LogP contribution is -2.46. The Kier molecular flexibility index (Phi) is 3.98. The zero-order chi connectivity index (χ0) is 17.4. The first-order valence-corrected chi connectivity index (χ1v) is 8.59. The van der Waals surface area contributed by atoms with Crippen LogP contribution in [0.4, 0.5) is 5.82 Å². The first-order chi connectivity index (χ1) is 12.1. The normalized spacial score (nSPS) is 21.8. The lowest BCUT2D eigenvalue weighted by molar-refractivity contribution is -0.150. The summed E-state index contributed by atoms with van der Waals surface area (Å²) >= 11 is 0. The van der Waals surface area contributed by atoms with Crippen LogP contribution in [0.25, 0.3) is 5.65 Å². The molecule has 2 saturated heterocycles. The number of carbonyl (C=O) groups excluding carboxylic acids is 1. The van der Waals surface area contributed by atoms with Gasteiger partial charge in [-0.3, -0.25) is 4.79 Å². The Balaban J connectivity index is 1.40. The Morgan fingerprint density at radius 2 is 1.92 bits per heavy atom. The summed E-state index contributed by atoms with van der Waals surface area (Å²) < 4.78 is 1.63. The van der Waals surface area contributed by atoms with Crippen LogP contribution in [0.15, 0.2) is 18.5 Å². The highest BCUT2D eigenvalue weighted by Crippen LogP contribution is 2.27. The zero-order valence-corrected chi connectivity index (χ0v) is 13.8. The van der Waals surface area contributed by atoms with E-state index < -0.39 is 12.0 Å². The van der Waals surface area contributed by atoms with Gasteiger partial charge in [-0.2, -0.15) is 4.52 Å². The minimum atomic E-state index is -0.894. The molecule has 0 unspecified atom stereocenters. The summed E-state index contributed by atoms with van der Waals surface area (Å²) in [5.41, 5.74) is 0.697. The molecule has 0 spiro atoms. The van der Waals surface area contributed by atoms with E-state index in [0.29, 0.717) is 31.5 Å². The van der Waals surface area contributed by atoms with Gasteiger partial charge in [-0.05, 0) is 37.8 Å². The number of carboxylic acid groups (broad SMARTS) is 1. The average molecular weight is 344 g/mol. The molecular formula is C16H20N6O3. The molecule has 2 aliphatic heterocycles. The standard InChI is InChI=1S/C16H20N6O3/c23-15(21-7-1-2-12(21)16(24)25)11-5-8-20(9-6-11)14-4-3-13-18-17-10-22(13)19-14/h3-4,10-12H,1-2,5-9H2,(H,24,25)/t12-/m0/s1. The van der Waals surface area contributed by atoms with E-state index in [-0.39, 0.29) is 11.8 Å². The predicted molar refractivity (Wildman–Crippen MR) is 88.1 cm³/mol. The van der Waals surface area contributed by atoms with E-state index in [0.717, 1.165) is 25.3 Å². The van der Waals surface area contributed by atoms with Gasteiger partial charge in [0, 0.05) is 25.6 Å². The summed E-state index contributed by atoms with van der Waals surface area (Å²) in [6.45, 7) is 2.01. The van der Waals surface area contributed by atoms with Crippen LogP contribution < -0.4 is 4.90 Å². The number of aliphatic carboxylic acids is 1. The van der Waals surface area contributed by atoms with E-state index in [1.807, 2.05) is 12.1 Å². The van der Waals surface area contributed by atoms with E-state index in [4.69, 9.17) is 0 Å². The molecule has 0 radical (unpaired) electrons. The maximum absolute atomic E-state index is 12.7. The number of amides is 1. The molecule has 0 bridgehead atoms. The minimum absolute atomic E-state index is 0.00762. The summed E-state index contributed by atoms with van der Waals surface area (Å²) in [6.07, 6.45) is 4.31. The van der Waals surface area contributed by atoms with E-state index in [2.05, 4.69) is 20.2 Å². The van der Waals surface area contributed by atoms with E-state index in [1.165, 1.54) is 0 Å². The largest absolute Gasteiger partial charge is 0.480 e. The molecule has 2 aliphatic rings. The fraction of sp³-hybridized carbons (Fsp3) is 0.562. The van der Waals surface area contributed by atoms with Crippen LogP contribution in [0.2, 0.25) is 0 Å². The molecule has 4 heterocycles. The van der Waals surface area contributed by atoms with E-state index in [1.54, 1.807) is 15.7 Å². The van der Waals surface area contributed by atoms with Crippen LogP contribution in [0.5, 0.6) is 0 Å². The summed E-state index contributed by atoms with van der Waals surface area (Å²) in [5.74, 6) is -0.167. The summed E-state index contributed by atoms with van der Waals surface area (Å²) in [5, 5.41) is 21.5. The third-order valence-corrected chi connectivity index (χ3v) is 5.14. The number of hydrogen-bond acceptors (Lipinski definition) is 6. The maximum atomic E-state index is 12.7. The number of nitrogens with zero attached hydrogens (tertiary/aromatic N) is 6. The van der Waals surface area contributed by atoms with Gasteiger partial charge in [0.15, 0.2) is 5.65 Å². The molecular weight excluding hydrogens is 324 g/mol. The third-order valence-electron chi connectivity index (χ3n) is 5.14. The number of piperidine rings is 1. The number of anilines is 1. The van der Waals surface area contributed by atoms with Gasteiger partial charge in [0.25, 0.3) is 0 Å². The number of carboxylic acids is 1. The van der Waals surface area contributed by atoms with Gasteiger partial charge in [0.05, 0.1) is 0 Å². The molecule has 0 saturated carbocycles. The van der Waals surface area contributed by atoms with Crippen molar-refractivity contribution in [2.45, 2.75) is 31.7 Å². The van der Waals surface area contributed by atoms with Gasteiger partial charge in [0.1, 0.15) is 18.2 Å². The Morgan fingerprint density at radius 1 is 1.12 bits per heavy atom. The van der Waals surface area contributed by atoms with Crippen molar-refractivity contribution in [2.75, 3.05) is 24.5 Å². The van der Waals surface area contributed by atoms with Gasteiger partial charge in [0.2, 0.25) is 5.91 Å². The molecule has 1 amide bonds. The first-order valence-electron chi connectivity index (χ1n) is 8.59. The molecule has 0 aromatic carbocycles. The van der Waals surface area contributed by atoms with Crippen molar-refractivity contribution in [3.05, 3.63) is 18.5 Å². The molecule has 132 valence electrons. The number of carbonyl (C=O) groups is 2. The second kappa shape index (κ2) is 6.30. The smallest absolute Gasteiger partial charge is 0.326 e. The molecule has 1 N–H and O–H groups in total. The molecule has 9 heteroatoms. The van der Waals surface area contributed by atoms with Crippen LogP contribution in [0.3, 0.4) is 0 Å². The molecule has 1 atom stereocenters. The van der Waals surface area contributed by atoms with E-state index >= 15 is 0 Å². The van der Waals surface area contributed by atoms with Crippen LogP contribution in [-0.4, -0.2) is 67.4 Å². The Morgan fingerprint density at radius 3 is 2.68 bits per heavy atom. The molecule has 4 rings (SSSR count). The van der Waals surface area contributed by atoms with Crippen LogP contribution >= 0.6 is 0 Å². The summed E-state index contributed by atoms with van der Waals surface area (Å²) in [4.78, 5) is 27.7. The fourth-order valence-corrected chi connectivity index (χ4v) is 3.76. The van der Waals surface area contributed by atoms with Crippen LogP contribution in [0.1, 0.15) is 25.7 Å². The number of rotatable bonds is 3. The van der Waals surface area contributed by atoms with Crippen molar-refractivity contribution in [1.29, 1.82) is 0 Å². The summed E-state index contributed by atoms with van der Waals surface area (Å²) in [6, 6.07) is 3.13. The van der Waals surface area contributed by atoms with Crippen molar-refractivity contribution in [1.82, 2.24) is 24.7 Å². The molecule has 2 fully saturated rings. The quantitative estimate of drug-likeness (QED) is 0.860. The summed E-state index contributed by atoms with van der Waals surface area (Å²) in [7, 11) is 0. The number of aromatic nitrogens is 4. The van der Waals surface area contributed by atoms with Crippen molar-refractivity contribution >= 4 is 23.3 Å². The van der Waals surface area contributed by atoms with Crippen molar-refractivity contribution < 1.29 is 14.7 Å². The predicted octanol–water partition coefficient (Wildman–Crippen LogP) is 0.416. The zero-order valence-electron chi connectivity index (χ0n) is 13.8. The van der Waals surface area contributed by atoms with Gasteiger partial charge < -0.3 is 14.9 Å². The monoisotopic (exact) mass is 344 g/mol. The SMILES string of the molecule is O=C(O)[C@@H]1CCCN1C(=O)C1CCN(c2ccc3nncn3n2)CC1. The number of hydrogen-bond donors (Lipinski definition) is 1. The van der Waals surface area contributed by atoms with Crippen molar-refractivity contribution in [2.24, 2.45) is 5.92 Å². The fourth-order valence-electron chi connectivity index (χ4n) is 3.76. The molecule has 0 aliphatic carbocycles. The van der Waals surface area contributed by atoms with Crippen molar-refractivity contribution in [3.63, 3.8) is 0 Å². The lowest BCUT2D eigenvalue weighted by Gasteiger charge is -2.34. The highest BCUT2D eigenvalue weighted by Gasteiger charge is 2.38. The Labute approximate surface area is 144 Å². The second-order valence-corrected chi connectivity index (χ2v) is 6.61. The highest BCUT2D eigenvalue weighted by molar-refractivity contribution is 5.85. The van der Waals surface area contributed by atoms with Gasteiger partial charge in [-0.25, -0.2) is 4.79 Å². The first kappa shape index (κ1) is 15.8. The minimum Gasteiger partial charge on any atom is -0.480 e. The lowest BCUT2D eigenvalue weighted by atomic mass is 9.95. The van der Waals surface area contributed by atoms with Crippen molar-refractivity contribution in [3.8, 4) is 0 Å². The molecule has 9 nitrogen and oxygen atoms in total. The third kappa shape index (κ3) is 2.90. The number of fused-ring (bicyclic) bond motifs is 1. The molecule has 2 aromatic rings. The van der Waals surface area contributed by atoms with E-state index in [9.17, 15) is 14.7 Å². The van der Waals surface area contributed by atoms with Gasteiger partial charge >= 0.3 is 5.97 Å². The highest BCUT2D eigenvalue weighted by atomic mass is 16.4. The second-order valence-electron chi connectivity index (χ2n) is 6.61. The number of likely N-dealkylation sites (tertiary alicyclic amines) is 1. The van der Waals surface area contributed by atoms with Gasteiger partial charge in [-0.1, -0.05) is 0 Å². The molecule has 2 aromatic heterocycles. The average Bonchev–Trinajstić information content (AvgIpc) is 3.29. The molecule has 25 heavy (non-hydrogen) atoms. The topological polar surface area (TPSA) is 104 Å².